The van der Waals surface area contributed by atoms with Crippen LogP contribution in [0.25, 0.3) is 0 Å². The van der Waals surface area contributed by atoms with Gasteiger partial charge in [-0.05, 0) is 60.1 Å². The number of nitrogens with zero attached hydrogens (tertiary/aromatic N) is 6. The van der Waals surface area contributed by atoms with E-state index < -0.39 is 40.7 Å². The molecule has 44 heavy (non-hydrogen) atoms. The van der Waals surface area contributed by atoms with Gasteiger partial charge < -0.3 is 9.64 Å². The van der Waals surface area contributed by atoms with Crippen LogP contribution in [-0.2, 0) is 22.5 Å². The number of carbonyl (C=O) groups excluding carboxylic acids is 2. The van der Waals surface area contributed by atoms with Gasteiger partial charge in [0.1, 0.15) is 28.6 Å². The molecule has 9 nitrogen and oxygen atoms in total. The third-order valence-corrected chi connectivity index (χ3v) is 8.45. The number of rotatable bonds is 5. The van der Waals surface area contributed by atoms with E-state index in [-0.39, 0.29) is 23.6 Å². The number of halogens is 3. The summed E-state index contributed by atoms with van der Waals surface area (Å²) in [6.45, 7) is 14.0. The smallest absolute Gasteiger partial charge is 0.415 e. The van der Waals surface area contributed by atoms with Gasteiger partial charge in [0.2, 0.25) is 5.91 Å². The zero-order chi connectivity index (χ0) is 32.1. The number of para-hydroxylation sites is 1. The van der Waals surface area contributed by atoms with E-state index in [9.17, 15) is 22.8 Å². The molecule has 0 bridgehead atoms. The number of hydrogen-bond acceptors (Lipinski definition) is 6. The Bertz CT molecular complexity index is 1540. The van der Waals surface area contributed by atoms with Gasteiger partial charge in [0.25, 0.3) is 0 Å². The maximum absolute atomic E-state index is 14.4. The molecule has 5 rings (SSSR count). The van der Waals surface area contributed by atoms with Crippen LogP contribution in [0.2, 0.25) is 0 Å². The number of benzene rings is 2. The van der Waals surface area contributed by atoms with Crippen molar-refractivity contribution in [3.8, 4) is 0 Å². The van der Waals surface area contributed by atoms with E-state index in [1.807, 2.05) is 43.0 Å². The Morgan fingerprint density at radius 2 is 1.68 bits per heavy atom. The van der Waals surface area contributed by atoms with Gasteiger partial charge >= 0.3 is 6.09 Å². The summed E-state index contributed by atoms with van der Waals surface area (Å²) in [5.41, 5.74) is -0.0000664. The van der Waals surface area contributed by atoms with Gasteiger partial charge in [0.05, 0.1) is 23.6 Å². The first kappa shape index (κ1) is 31.5. The molecular weight excluding hydrogens is 573 g/mol. The summed E-state index contributed by atoms with van der Waals surface area (Å²) in [7, 11) is 0. The Hall–Kier alpha value is -3.93. The predicted molar refractivity (Wildman–Crippen MR) is 158 cm³/mol. The Kier molecular flexibility index (Phi) is 8.25. The molecule has 12 heteroatoms. The van der Waals surface area contributed by atoms with Crippen molar-refractivity contribution in [3.63, 3.8) is 0 Å². The molecule has 0 radical (unpaired) electrons. The molecule has 1 unspecified atom stereocenters. The van der Waals surface area contributed by atoms with E-state index in [1.165, 1.54) is 9.58 Å². The van der Waals surface area contributed by atoms with Crippen molar-refractivity contribution in [1.82, 2.24) is 24.8 Å². The normalized spacial score (nSPS) is 23.0. The molecule has 0 N–H and O–H groups in total. The lowest BCUT2D eigenvalue weighted by Crippen LogP contribution is -2.65. The highest BCUT2D eigenvalue weighted by Crippen LogP contribution is 2.41. The topological polar surface area (TPSA) is 83.8 Å². The highest BCUT2D eigenvalue weighted by molar-refractivity contribution is 6.03. The minimum absolute atomic E-state index is 0.0698. The van der Waals surface area contributed by atoms with Crippen LogP contribution in [0.15, 0.2) is 42.6 Å². The molecule has 3 heterocycles. The van der Waals surface area contributed by atoms with E-state index in [0.717, 1.165) is 5.56 Å². The van der Waals surface area contributed by atoms with E-state index in [0.29, 0.717) is 49.6 Å². The van der Waals surface area contributed by atoms with Crippen LogP contribution in [0.4, 0.5) is 23.7 Å². The quantitative estimate of drug-likeness (QED) is 0.380. The fraction of sp³-hybridized carbons (Fsp3) is 0.500. The van der Waals surface area contributed by atoms with Gasteiger partial charge in [-0.15, -0.1) is 5.10 Å². The summed E-state index contributed by atoms with van der Waals surface area (Å²) in [5, 5.41) is 8.31. The van der Waals surface area contributed by atoms with Crippen LogP contribution >= 0.6 is 0 Å². The van der Waals surface area contributed by atoms with Crippen molar-refractivity contribution in [3.05, 3.63) is 76.9 Å². The molecule has 1 aromatic heterocycles. The zero-order valence-electron chi connectivity index (χ0n) is 26.1. The van der Waals surface area contributed by atoms with Gasteiger partial charge in [-0.1, -0.05) is 23.4 Å². The van der Waals surface area contributed by atoms with Crippen LogP contribution in [-0.4, -0.2) is 73.1 Å². The second kappa shape index (κ2) is 11.5. The first-order valence-electron chi connectivity index (χ1n) is 14.8. The molecule has 3 aromatic rings. The molecule has 2 amide bonds. The van der Waals surface area contributed by atoms with Gasteiger partial charge in [0, 0.05) is 55.8 Å². The van der Waals surface area contributed by atoms with Gasteiger partial charge in [-0.3, -0.25) is 14.6 Å². The largest absolute Gasteiger partial charge is 0.443 e. The molecule has 0 spiro atoms. The van der Waals surface area contributed by atoms with Gasteiger partial charge in [-0.2, -0.15) is 0 Å². The first-order chi connectivity index (χ1) is 20.6. The molecule has 0 saturated carbocycles. The number of hydrogen-bond donors (Lipinski definition) is 0. The molecule has 1 saturated heterocycles. The van der Waals surface area contributed by atoms with Crippen LogP contribution in [0.3, 0.4) is 0 Å². The maximum atomic E-state index is 14.4. The Morgan fingerprint density at radius 3 is 2.30 bits per heavy atom. The molecule has 1 fully saturated rings. The number of amides is 2. The Balaban J connectivity index is 1.31. The minimum Gasteiger partial charge on any atom is -0.443 e. The number of aromatic nitrogens is 3. The summed E-state index contributed by atoms with van der Waals surface area (Å²) < 4.78 is 49.3. The second-order valence-corrected chi connectivity index (χ2v) is 13.1. The Morgan fingerprint density at radius 1 is 1.07 bits per heavy atom. The van der Waals surface area contributed by atoms with Crippen molar-refractivity contribution in [1.29, 1.82) is 0 Å². The van der Waals surface area contributed by atoms with Crippen LogP contribution in [0, 0.1) is 17.5 Å². The highest BCUT2D eigenvalue weighted by Gasteiger charge is 2.52. The van der Waals surface area contributed by atoms with Crippen molar-refractivity contribution < 1.29 is 27.5 Å². The lowest BCUT2D eigenvalue weighted by atomic mass is 9.93. The standard InChI is InChI=1S/C32H39F3N6O3/c1-19-15-38(29(42)32(7)14-22-10-8-9-11-27(22)41(32)30(43)44-31(4,5)6)16-20(2)39(19)17-24-18-40(37-36-24)21(3)28-25(34)12-23(33)13-26(28)35/h8-13,18-21H,14-17H2,1-7H3/t19-,20+,21-,32?/m0/s1. The minimum atomic E-state index is -1.16. The van der Waals surface area contributed by atoms with Crippen molar-refractivity contribution in [2.75, 3.05) is 18.0 Å². The molecule has 2 aliphatic heterocycles. The zero-order valence-corrected chi connectivity index (χ0v) is 26.1. The third kappa shape index (κ3) is 5.91. The SMILES string of the molecule is C[C@@H]1CN(C(=O)C2(C)Cc3ccccc3N2C(=O)OC(C)(C)C)C[C@H](C)N1Cc1cn([C@@H](C)c2c(F)cc(F)cc2F)nn1. The number of piperazine rings is 1. The van der Waals surface area contributed by atoms with Crippen LogP contribution < -0.4 is 4.90 Å². The lowest BCUT2D eigenvalue weighted by molar-refractivity contribution is -0.141. The van der Waals surface area contributed by atoms with Crippen LogP contribution in [0.1, 0.15) is 71.3 Å². The summed E-state index contributed by atoms with van der Waals surface area (Å²) in [6, 6.07) is 7.83. The van der Waals surface area contributed by atoms with Crippen LogP contribution in [0.5, 0.6) is 0 Å². The molecule has 0 aliphatic carbocycles. The second-order valence-electron chi connectivity index (χ2n) is 13.1. The van der Waals surface area contributed by atoms with Crippen molar-refractivity contribution in [2.24, 2.45) is 0 Å². The fourth-order valence-electron chi connectivity index (χ4n) is 6.39. The molecular formula is C32H39F3N6O3. The van der Waals surface area contributed by atoms with E-state index >= 15 is 0 Å². The maximum Gasteiger partial charge on any atom is 0.415 e. The van der Waals surface area contributed by atoms with Gasteiger partial charge in [-0.25, -0.2) is 22.6 Å². The first-order valence-corrected chi connectivity index (χ1v) is 14.8. The molecule has 2 aromatic carbocycles. The predicted octanol–water partition coefficient (Wildman–Crippen LogP) is 5.48. The Labute approximate surface area is 255 Å². The average molecular weight is 613 g/mol. The highest BCUT2D eigenvalue weighted by atomic mass is 19.1. The molecule has 4 atom stereocenters. The average Bonchev–Trinajstić information content (AvgIpc) is 3.50. The number of carbonyl (C=O) groups is 2. The van der Waals surface area contributed by atoms with Crippen molar-refractivity contribution in [2.45, 2.75) is 90.7 Å². The fourth-order valence-corrected chi connectivity index (χ4v) is 6.39. The van der Waals surface area contributed by atoms with E-state index in [4.69, 9.17) is 4.74 Å². The third-order valence-electron chi connectivity index (χ3n) is 8.45. The van der Waals surface area contributed by atoms with E-state index in [1.54, 1.807) is 40.8 Å². The summed E-state index contributed by atoms with van der Waals surface area (Å²) in [4.78, 5) is 33.2. The monoisotopic (exact) mass is 612 g/mol. The summed E-state index contributed by atoms with van der Waals surface area (Å²) in [6.07, 6.45) is 1.44. The molecule has 2 aliphatic rings. The van der Waals surface area contributed by atoms with Gasteiger partial charge in [0.15, 0.2) is 0 Å². The van der Waals surface area contributed by atoms with E-state index in [2.05, 4.69) is 15.2 Å². The number of anilines is 1. The lowest BCUT2D eigenvalue weighted by Gasteiger charge is -2.47. The molecule has 236 valence electrons. The summed E-state index contributed by atoms with van der Waals surface area (Å²) in [5.74, 6) is -3.11. The number of ether oxygens (including phenoxy) is 1. The number of fused-ring (bicyclic) bond motifs is 1. The van der Waals surface area contributed by atoms with Crippen molar-refractivity contribution >= 4 is 17.7 Å². The summed E-state index contributed by atoms with van der Waals surface area (Å²) >= 11 is 0.